The van der Waals surface area contributed by atoms with E-state index in [9.17, 15) is 19.2 Å². The molecule has 0 aromatic rings. The zero-order valence-electron chi connectivity index (χ0n) is 23.7. The van der Waals surface area contributed by atoms with E-state index < -0.39 is 46.9 Å². The van der Waals surface area contributed by atoms with Crippen molar-refractivity contribution in [2.24, 2.45) is 30.6 Å². The van der Waals surface area contributed by atoms with Crippen LogP contribution in [0.5, 0.6) is 0 Å². The van der Waals surface area contributed by atoms with Crippen molar-refractivity contribution in [1.82, 2.24) is 10.9 Å². The molecule has 6 aliphatic rings. The molecule has 0 bridgehead atoms. The molecule has 4 fully saturated rings. The van der Waals surface area contributed by atoms with Crippen LogP contribution >= 0.6 is 0 Å². The molecule has 0 aromatic carbocycles. The van der Waals surface area contributed by atoms with Crippen molar-refractivity contribution in [2.75, 3.05) is 0 Å². The monoisotopic (exact) mass is 647 g/mol. The fraction of sp³-hybridized carbons (Fsp3) is 0.615. The van der Waals surface area contributed by atoms with Crippen molar-refractivity contribution in [2.45, 2.75) is 102 Å². The van der Waals surface area contributed by atoms with Gasteiger partial charge in [-0.2, -0.15) is 20.4 Å². The smallest absolute Gasteiger partial charge is 0.417 e. The SMILES string of the molecule is CC1=NN=C(NN=C2C(=O)OC3(CCCCC3)OC2=O)C1.CC1=NN=C(NN=C2C(=O)OC3(CCCCC3)OC2=O)C1.[Cu+2]. The van der Waals surface area contributed by atoms with Gasteiger partial charge in [-0.1, -0.05) is 12.8 Å². The summed E-state index contributed by atoms with van der Waals surface area (Å²) in [6, 6.07) is 0. The summed E-state index contributed by atoms with van der Waals surface area (Å²) in [6.45, 7) is 3.64. The van der Waals surface area contributed by atoms with Gasteiger partial charge in [0.2, 0.25) is 0 Å². The second-order valence-corrected chi connectivity index (χ2v) is 10.8. The molecule has 233 valence electrons. The Kier molecular flexibility index (Phi) is 10.1. The van der Waals surface area contributed by atoms with Crippen molar-refractivity contribution >= 4 is 58.4 Å². The van der Waals surface area contributed by atoms with Crippen LogP contribution in [0.1, 0.15) is 90.9 Å². The topological polar surface area (TPSA) is 203 Å². The zero-order valence-corrected chi connectivity index (χ0v) is 24.7. The first-order valence-electron chi connectivity index (χ1n) is 14.0. The normalized spacial score (nSPS) is 23.6. The van der Waals surface area contributed by atoms with Gasteiger partial charge in [0.25, 0.3) is 23.0 Å². The van der Waals surface area contributed by atoms with Crippen LogP contribution < -0.4 is 10.9 Å². The van der Waals surface area contributed by atoms with Crippen LogP contribution in [-0.2, 0) is 55.2 Å². The molecule has 2 saturated carbocycles. The molecule has 4 aliphatic heterocycles. The molecule has 2 aliphatic carbocycles. The number of ether oxygens (including phenoxy) is 4. The average molecular weight is 648 g/mol. The molecule has 1 radical (unpaired) electrons. The molecule has 0 amide bonds. The maximum absolute atomic E-state index is 12.0. The molecular weight excluding hydrogens is 616 g/mol. The van der Waals surface area contributed by atoms with E-state index in [0.717, 1.165) is 49.9 Å². The molecule has 2 saturated heterocycles. The Balaban J connectivity index is 0.000000192. The summed E-state index contributed by atoms with van der Waals surface area (Å²) in [5.74, 6) is -4.24. The van der Waals surface area contributed by atoms with E-state index in [0.29, 0.717) is 50.2 Å². The molecule has 0 aromatic heterocycles. The van der Waals surface area contributed by atoms with Crippen molar-refractivity contribution < 1.29 is 55.2 Å². The number of esters is 4. The van der Waals surface area contributed by atoms with E-state index in [1.807, 2.05) is 13.8 Å². The third-order valence-corrected chi connectivity index (χ3v) is 7.24. The minimum Gasteiger partial charge on any atom is -0.417 e. The van der Waals surface area contributed by atoms with Gasteiger partial charge in [-0.15, -0.1) is 10.2 Å². The van der Waals surface area contributed by atoms with E-state index >= 15 is 0 Å². The first kappa shape index (κ1) is 31.9. The van der Waals surface area contributed by atoms with Gasteiger partial charge >= 0.3 is 40.9 Å². The summed E-state index contributed by atoms with van der Waals surface area (Å²) in [6.07, 6.45) is 8.80. The predicted octanol–water partition coefficient (Wildman–Crippen LogP) is 1.74. The quantitative estimate of drug-likeness (QED) is 0.252. The van der Waals surface area contributed by atoms with Crippen molar-refractivity contribution in [3.8, 4) is 0 Å². The van der Waals surface area contributed by atoms with Gasteiger partial charge in [0.1, 0.15) is 0 Å². The summed E-state index contributed by atoms with van der Waals surface area (Å²) in [4.78, 5) is 47.9. The van der Waals surface area contributed by atoms with Crippen LogP contribution in [0.15, 0.2) is 30.6 Å². The Bertz CT molecular complexity index is 1210. The van der Waals surface area contributed by atoms with Gasteiger partial charge < -0.3 is 18.9 Å². The van der Waals surface area contributed by atoms with E-state index in [-0.39, 0.29) is 17.1 Å². The van der Waals surface area contributed by atoms with Gasteiger partial charge in [0, 0.05) is 49.9 Å². The number of carbonyl (C=O) groups excluding carboxylic acids is 4. The number of nitrogens with one attached hydrogen (secondary N) is 2. The number of hydrazone groups is 2. The summed E-state index contributed by atoms with van der Waals surface area (Å²) in [5.41, 5.74) is 5.98. The van der Waals surface area contributed by atoms with Gasteiger partial charge in [-0.3, -0.25) is 10.9 Å². The molecule has 0 unspecified atom stereocenters. The fourth-order valence-corrected chi connectivity index (χ4v) is 5.13. The molecule has 17 heteroatoms. The van der Waals surface area contributed by atoms with Gasteiger partial charge in [-0.25, -0.2) is 19.2 Å². The molecule has 16 nitrogen and oxygen atoms in total. The van der Waals surface area contributed by atoms with Crippen LogP contribution in [0.2, 0.25) is 0 Å². The minimum atomic E-state index is -1.09. The molecule has 2 N–H and O–H groups in total. The first-order valence-corrected chi connectivity index (χ1v) is 14.0. The van der Waals surface area contributed by atoms with Gasteiger partial charge in [-0.05, 0) is 39.5 Å². The standard InChI is InChI=1S/2C13H16N4O4.Cu/c2*1-8-7-9(15-14-8)16-17-10-11(18)20-13(21-12(10)19)5-3-2-4-6-13;/h2*2-7H2,1H3,(H,15,16);/q;;+2. The molecule has 2 spiro atoms. The number of hydrogen-bond donors (Lipinski definition) is 2. The number of nitrogens with zero attached hydrogens (tertiary/aromatic N) is 6. The maximum atomic E-state index is 12.0. The summed E-state index contributed by atoms with van der Waals surface area (Å²) >= 11 is 0. The Morgan fingerprint density at radius 2 is 0.884 bits per heavy atom. The third-order valence-electron chi connectivity index (χ3n) is 7.24. The second kappa shape index (κ2) is 13.5. The van der Waals surface area contributed by atoms with Crippen molar-refractivity contribution in [3.05, 3.63) is 0 Å². The minimum absolute atomic E-state index is 0. The Labute approximate surface area is 257 Å². The largest absolute Gasteiger partial charge is 2.00 e. The number of rotatable bonds is 2. The number of hydrogen-bond acceptors (Lipinski definition) is 16. The molecular formula is C26H32CuN8O8+2. The number of amidine groups is 2. The Morgan fingerprint density at radius 3 is 1.16 bits per heavy atom. The zero-order chi connectivity index (χ0) is 29.7. The molecule has 43 heavy (non-hydrogen) atoms. The second-order valence-electron chi connectivity index (χ2n) is 10.8. The Morgan fingerprint density at radius 1 is 0.558 bits per heavy atom. The molecule has 0 atom stereocenters. The predicted molar refractivity (Wildman–Crippen MR) is 147 cm³/mol. The van der Waals surface area contributed by atoms with Crippen LogP contribution in [-0.4, -0.2) is 70.0 Å². The third kappa shape index (κ3) is 7.70. The average Bonchev–Trinajstić information content (AvgIpc) is 3.56. The molecule has 6 rings (SSSR count). The first-order chi connectivity index (χ1) is 20.2. The van der Waals surface area contributed by atoms with Gasteiger partial charge in [0.15, 0.2) is 11.7 Å². The van der Waals surface area contributed by atoms with Crippen LogP contribution in [0.3, 0.4) is 0 Å². The summed E-state index contributed by atoms with van der Waals surface area (Å²) in [5, 5.41) is 22.8. The van der Waals surface area contributed by atoms with Gasteiger partial charge in [0.05, 0.1) is 0 Å². The summed E-state index contributed by atoms with van der Waals surface area (Å²) < 4.78 is 21.3. The summed E-state index contributed by atoms with van der Waals surface area (Å²) in [7, 11) is 0. The van der Waals surface area contributed by atoms with Crippen molar-refractivity contribution in [3.63, 3.8) is 0 Å². The van der Waals surface area contributed by atoms with Crippen LogP contribution in [0.25, 0.3) is 0 Å². The maximum Gasteiger partial charge on any atom is 2.00 e. The Hall–Kier alpha value is -3.98. The van der Waals surface area contributed by atoms with Crippen LogP contribution in [0.4, 0.5) is 0 Å². The van der Waals surface area contributed by atoms with Crippen LogP contribution in [0, 0.1) is 0 Å². The van der Waals surface area contributed by atoms with Crippen molar-refractivity contribution in [1.29, 1.82) is 0 Å². The fourth-order valence-electron chi connectivity index (χ4n) is 5.13. The van der Waals surface area contributed by atoms with E-state index in [1.165, 1.54) is 0 Å². The number of carbonyl (C=O) groups is 4. The van der Waals surface area contributed by atoms with E-state index in [2.05, 4.69) is 41.5 Å². The van der Waals surface area contributed by atoms with E-state index in [4.69, 9.17) is 18.9 Å². The van der Waals surface area contributed by atoms with E-state index in [1.54, 1.807) is 0 Å². The molecule has 4 heterocycles.